The number of hydrogen-bond acceptors (Lipinski definition) is 3. The second kappa shape index (κ2) is 8.69. The van der Waals surface area contributed by atoms with E-state index in [0.29, 0.717) is 23.0 Å². The van der Waals surface area contributed by atoms with Crippen LogP contribution in [0.1, 0.15) is 37.4 Å². The van der Waals surface area contributed by atoms with Crippen LogP contribution >= 0.6 is 0 Å². The number of amides is 1. The number of halogens is 3. The fourth-order valence-electron chi connectivity index (χ4n) is 3.51. The molecule has 0 bridgehead atoms. The number of aryl methyl sites for hydroxylation is 1. The average molecular weight is 417 g/mol. The Labute approximate surface area is 171 Å². The van der Waals surface area contributed by atoms with Crippen LogP contribution in [0.25, 0.3) is 10.9 Å². The first-order chi connectivity index (χ1) is 14.2. The fourth-order valence-corrected chi connectivity index (χ4v) is 3.51. The van der Waals surface area contributed by atoms with E-state index in [0.717, 1.165) is 12.1 Å². The molecule has 5 nitrogen and oxygen atoms in total. The van der Waals surface area contributed by atoms with Crippen molar-refractivity contribution >= 4 is 16.8 Å². The second-order valence-corrected chi connectivity index (χ2v) is 6.98. The van der Waals surface area contributed by atoms with Gasteiger partial charge in [0, 0.05) is 18.4 Å². The third kappa shape index (κ3) is 4.53. The van der Waals surface area contributed by atoms with Crippen LogP contribution in [0.4, 0.5) is 13.2 Å². The Balaban J connectivity index is 1.77. The SMILES string of the molecule is CCN(C(=O)CCn1ncc(=O)c2ccccc21)C(C)c1cccc(C(F)(F)F)c1. The van der Waals surface area contributed by atoms with Gasteiger partial charge in [0.2, 0.25) is 11.3 Å². The highest BCUT2D eigenvalue weighted by Gasteiger charge is 2.31. The summed E-state index contributed by atoms with van der Waals surface area (Å²) in [6.07, 6.45) is -3.11. The van der Waals surface area contributed by atoms with Crippen LogP contribution in [0, 0.1) is 0 Å². The Morgan fingerprint density at radius 3 is 2.60 bits per heavy atom. The minimum atomic E-state index is -4.44. The Morgan fingerprint density at radius 2 is 1.90 bits per heavy atom. The number of rotatable bonds is 6. The molecule has 1 unspecified atom stereocenters. The van der Waals surface area contributed by atoms with Crippen LogP contribution in [0.5, 0.6) is 0 Å². The van der Waals surface area contributed by atoms with E-state index >= 15 is 0 Å². The molecule has 1 aromatic heterocycles. The molecule has 2 aromatic carbocycles. The molecule has 0 aliphatic rings. The molecular formula is C22H22F3N3O2. The number of fused-ring (bicyclic) bond motifs is 1. The summed E-state index contributed by atoms with van der Waals surface area (Å²) in [5.74, 6) is -0.202. The van der Waals surface area contributed by atoms with Crippen molar-refractivity contribution in [3.8, 4) is 0 Å². The fraction of sp³-hybridized carbons (Fsp3) is 0.318. The highest BCUT2D eigenvalue weighted by Crippen LogP contribution is 2.32. The molecule has 8 heteroatoms. The lowest BCUT2D eigenvalue weighted by Gasteiger charge is -2.29. The van der Waals surface area contributed by atoms with Gasteiger partial charge < -0.3 is 4.90 Å². The van der Waals surface area contributed by atoms with Crippen molar-refractivity contribution in [2.75, 3.05) is 6.54 Å². The van der Waals surface area contributed by atoms with Gasteiger partial charge in [-0.3, -0.25) is 14.3 Å². The minimum Gasteiger partial charge on any atom is -0.336 e. The van der Waals surface area contributed by atoms with Gasteiger partial charge >= 0.3 is 6.18 Å². The van der Waals surface area contributed by atoms with Crippen molar-refractivity contribution in [1.29, 1.82) is 0 Å². The van der Waals surface area contributed by atoms with E-state index in [9.17, 15) is 22.8 Å². The highest BCUT2D eigenvalue weighted by atomic mass is 19.4. The van der Waals surface area contributed by atoms with Crippen molar-refractivity contribution in [3.05, 3.63) is 76.1 Å². The van der Waals surface area contributed by atoms with Crippen LogP contribution < -0.4 is 5.43 Å². The van der Waals surface area contributed by atoms with E-state index in [2.05, 4.69) is 5.10 Å². The van der Waals surface area contributed by atoms with Crippen LogP contribution in [-0.2, 0) is 17.5 Å². The molecule has 0 fully saturated rings. The lowest BCUT2D eigenvalue weighted by atomic mass is 10.0. The molecular weight excluding hydrogens is 395 g/mol. The number of benzene rings is 2. The summed E-state index contributed by atoms with van der Waals surface area (Å²) in [5, 5.41) is 4.63. The summed E-state index contributed by atoms with van der Waals surface area (Å²) in [6.45, 7) is 4.11. The molecule has 0 radical (unpaired) electrons. The van der Waals surface area contributed by atoms with E-state index in [1.54, 1.807) is 53.8 Å². The van der Waals surface area contributed by atoms with Crippen molar-refractivity contribution in [2.24, 2.45) is 0 Å². The smallest absolute Gasteiger partial charge is 0.336 e. The van der Waals surface area contributed by atoms with Crippen LogP contribution in [0.2, 0.25) is 0 Å². The molecule has 3 rings (SSSR count). The highest BCUT2D eigenvalue weighted by molar-refractivity contribution is 5.79. The maximum Gasteiger partial charge on any atom is 0.416 e. The zero-order chi connectivity index (χ0) is 21.9. The summed E-state index contributed by atoms with van der Waals surface area (Å²) < 4.78 is 40.7. The Kier molecular flexibility index (Phi) is 6.24. The number of nitrogens with zero attached hydrogens (tertiary/aromatic N) is 3. The third-order valence-corrected chi connectivity index (χ3v) is 5.12. The summed E-state index contributed by atoms with van der Waals surface area (Å²) in [5.41, 5.74) is 0.125. The number of para-hydroxylation sites is 1. The van der Waals surface area contributed by atoms with Gasteiger partial charge in [-0.2, -0.15) is 18.3 Å². The predicted molar refractivity (Wildman–Crippen MR) is 108 cm³/mol. The Bertz CT molecular complexity index is 1110. The monoisotopic (exact) mass is 417 g/mol. The van der Waals surface area contributed by atoms with Crippen molar-refractivity contribution in [2.45, 2.75) is 39.0 Å². The first-order valence-corrected chi connectivity index (χ1v) is 9.64. The lowest BCUT2D eigenvalue weighted by molar-refractivity contribution is -0.137. The zero-order valence-corrected chi connectivity index (χ0v) is 16.7. The maximum atomic E-state index is 13.0. The molecule has 158 valence electrons. The van der Waals surface area contributed by atoms with Gasteiger partial charge in [0.1, 0.15) is 0 Å². The molecule has 1 amide bonds. The molecule has 0 spiro atoms. The molecule has 0 saturated heterocycles. The maximum absolute atomic E-state index is 13.0. The van der Waals surface area contributed by atoms with Gasteiger partial charge in [-0.25, -0.2) is 0 Å². The molecule has 0 saturated carbocycles. The standard InChI is InChI=1S/C22H22F3N3O2/c1-3-27(15(2)16-7-6-8-17(13-16)22(23,24)25)21(30)11-12-28-19-10-5-4-9-18(19)20(29)14-26-28/h4-10,13-15H,3,11-12H2,1-2H3. The van der Waals surface area contributed by atoms with E-state index in [1.165, 1.54) is 12.3 Å². The van der Waals surface area contributed by atoms with Crippen molar-refractivity contribution in [3.63, 3.8) is 0 Å². The van der Waals surface area contributed by atoms with Gasteiger partial charge in [-0.1, -0.05) is 24.3 Å². The van der Waals surface area contributed by atoms with Gasteiger partial charge in [0.05, 0.1) is 29.9 Å². The first kappa shape index (κ1) is 21.5. The summed E-state index contributed by atoms with van der Waals surface area (Å²) in [6, 6.07) is 11.5. The number of carbonyl (C=O) groups is 1. The first-order valence-electron chi connectivity index (χ1n) is 9.64. The van der Waals surface area contributed by atoms with Gasteiger partial charge in [-0.15, -0.1) is 0 Å². The molecule has 1 atom stereocenters. The molecule has 30 heavy (non-hydrogen) atoms. The Hall–Kier alpha value is -3.16. The van der Waals surface area contributed by atoms with Crippen LogP contribution in [0.15, 0.2) is 59.5 Å². The number of hydrogen-bond donors (Lipinski definition) is 0. The van der Waals surface area contributed by atoms with Gasteiger partial charge in [-0.05, 0) is 43.7 Å². The topological polar surface area (TPSA) is 55.2 Å². The third-order valence-electron chi connectivity index (χ3n) is 5.12. The largest absolute Gasteiger partial charge is 0.416 e. The zero-order valence-electron chi connectivity index (χ0n) is 16.7. The van der Waals surface area contributed by atoms with Crippen molar-refractivity contribution < 1.29 is 18.0 Å². The Morgan fingerprint density at radius 1 is 1.17 bits per heavy atom. The predicted octanol–water partition coefficient (Wildman–Crippen LogP) is 4.42. The van der Waals surface area contributed by atoms with Gasteiger partial charge in [0.25, 0.3) is 0 Å². The molecule has 0 N–H and O–H groups in total. The molecule has 1 heterocycles. The minimum absolute atomic E-state index is 0.108. The number of aromatic nitrogens is 2. The quantitative estimate of drug-likeness (QED) is 0.597. The van der Waals surface area contributed by atoms with E-state index in [1.807, 2.05) is 0 Å². The van der Waals surface area contributed by atoms with E-state index < -0.39 is 17.8 Å². The van der Waals surface area contributed by atoms with Crippen LogP contribution in [0.3, 0.4) is 0 Å². The normalized spacial score (nSPS) is 12.7. The number of alkyl halides is 3. The molecule has 0 aliphatic heterocycles. The summed E-state index contributed by atoms with van der Waals surface area (Å²) in [4.78, 5) is 26.3. The lowest BCUT2D eigenvalue weighted by Crippen LogP contribution is -2.34. The van der Waals surface area contributed by atoms with Crippen LogP contribution in [-0.4, -0.2) is 27.1 Å². The van der Waals surface area contributed by atoms with E-state index in [-0.39, 0.29) is 24.3 Å². The number of carbonyl (C=O) groups excluding carboxylic acids is 1. The second-order valence-electron chi connectivity index (χ2n) is 6.98. The molecule has 0 aliphatic carbocycles. The summed E-state index contributed by atoms with van der Waals surface area (Å²) in [7, 11) is 0. The summed E-state index contributed by atoms with van der Waals surface area (Å²) >= 11 is 0. The van der Waals surface area contributed by atoms with Crippen molar-refractivity contribution in [1.82, 2.24) is 14.7 Å². The van der Waals surface area contributed by atoms with Gasteiger partial charge in [0.15, 0.2) is 0 Å². The average Bonchev–Trinajstić information content (AvgIpc) is 2.73. The van der Waals surface area contributed by atoms with E-state index in [4.69, 9.17) is 0 Å². The molecule has 3 aromatic rings.